The Morgan fingerprint density at radius 2 is 2.32 bits per heavy atom. The van der Waals surface area contributed by atoms with E-state index >= 15 is 0 Å². The molecule has 0 aliphatic rings. The lowest BCUT2D eigenvalue weighted by Gasteiger charge is -2.19. The van der Waals surface area contributed by atoms with Crippen molar-refractivity contribution in [2.45, 2.75) is 32.2 Å². The van der Waals surface area contributed by atoms with Crippen LogP contribution in [0.5, 0.6) is 0 Å². The lowest BCUT2D eigenvalue weighted by Crippen LogP contribution is -2.34. The lowest BCUT2D eigenvalue weighted by molar-refractivity contribution is 0.355. The van der Waals surface area contributed by atoms with Crippen molar-refractivity contribution in [2.75, 3.05) is 27.2 Å². The summed E-state index contributed by atoms with van der Waals surface area (Å²) >= 11 is 1.69. The summed E-state index contributed by atoms with van der Waals surface area (Å²) in [4.78, 5) is 8.01. The van der Waals surface area contributed by atoms with Gasteiger partial charge in [-0.1, -0.05) is 6.92 Å². The fourth-order valence-corrected chi connectivity index (χ4v) is 2.88. The Morgan fingerprint density at radius 1 is 1.47 bits per heavy atom. The Morgan fingerprint density at radius 3 is 3.00 bits per heavy atom. The normalized spacial score (nSPS) is 13.5. The van der Waals surface area contributed by atoms with Crippen LogP contribution in [-0.2, 0) is 6.42 Å². The summed E-state index contributed by atoms with van der Waals surface area (Å²) in [6.45, 7) is 4.41. The van der Waals surface area contributed by atoms with E-state index < -0.39 is 0 Å². The minimum absolute atomic E-state index is 0.520. The average Bonchev–Trinajstić information content (AvgIpc) is 2.93. The summed E-state index contributed by atoms with van der Waals surface area (Å²) in [6, 6.07) is 0.520. The molecule has 0 aliphatic carbocycles. The van der Waals surface area contributed by atoms with E-state index in [0.717, 1.165) is 30.9 Å². The van der Waals surface area contributed by atoms with Gasteiger partial charge < -0.3 is 10.2 Å². The van der Waals surface area contributed by atoms with Crippen LogP contribution in [0.1, 0.15) is 25.5 Å². The zero-order valence-electron chi connectivity index (χ0n) is 12.1. The lowest BCUT2D eigenvalue weighted by atomic mass is 10.1. The van der Waals surface area contributed by atoms with Crippen molar-refractivity contribution in [2.24, 2.45) is 0 Å². The third-order valence-corrected chi connectivity index (χ3v) is 3.98. The highest BCUT2D eigenvalue weighted by atomic mass is 32.1. The van der Waals surface area contributed by atoms with Crippen LogP contribution in [0.3, 0.4) is 0 Å². The molecule has 0 spiro atoms. The van der Waals surface area contributed by atoms with E-state index in [9.17, 15) is 0 Å². The van der Waals surface area contributed by atoms with Gasteiger partial charge >= 0.3 is 0 Å². The smallest absolute Gasteiger partial charge is 0.193 e. The Hall–Kier alpha value is -0.910. The number of imidazole rings is 1. The van der Waals surface area contributed by atoms with Gasteiger partial charge in [0.15, 0.2) is 4.96 Å². The molecule has 0 saturated carbocycles. The predicted octanol–water partition coefficient (Wildman–Crippen LogP) is 2.26. The summed E-state index contributed by atoms with van der Waals surface area (Å²) in [7, 11) is 4.26. The Bertz CT molecular complexity index is 460. The SMILES string of the molecule is CCCNC(CCN(C)C)Cc1cn2ccsc2n1. The molecule has 2 aromatic rings. The van der Waals surface area contributed by atoms with E-state index in [1.165, 1.54) is 12.1 Å². The van der Waals surface area contributed by atoms with Crippen molar-refractivity contribution in [1.82, 2.24) is 19.6 Å². The Kier molecular flexibility index (Phi) is 5.36. The first-order valence-corrected chi connectivity index (χ1v) is 7.86. The van der Waals surface area contributed by atoms with Gasteiger partial charge in [0.25, 0.3) is 0 Å². The molecule has 1 N–H and O–H groups in total. The molecule has 0 aromatic carbocycles. The number of hydrogen-bond donors (Lipinski definition) is 1. The van der Waals surface area contributed by atoms with Crippen LogP contribution in [0.25, 0.3) is 4.96 Å². The van der Waals surface area contributed by atoms with Gasteiger partial charge in [0.05, 0.1) is 5.69 Å². The summed E-state index contributed by atoms with van der Waals surface area (Å²) in [5.41, 5.74) is 1.19. The maximum absolute atomic E-state index is 4.68. The molecule has 106 valence electrons. The molecule has 0 aliphatic heterocycles. The average molecular weight is 280 g/mol. The Balaban J connectivity index is 1.95. The van der Waals surface area contributed by atoms with E-state index in [1.807, 2.05) is 0 Å². The quantitative estimate of drug-likeness (QED) is 0.805. The molecule has 1 unspecified atom stereocenters. The van der Waals surface area contributed by atoms with Crippen molar-refractivity contribution in [1.29, 1.82) is 0 Å². The van der Waals surface area contributed by atoms with Crippen LogP contribution < -0.4 is 5.32 Å². The maximum atomic E-state index is 4.68. The van der Waals surface area contributed by atoms with Gasteiger partial charge in [0.1, 0.15) is 0 Å². The van der Waals surface area contributed by atoms with E-state index in [2.05, 4.69) is 58.4 Å². The van der Waals surface area contributed by atoms with Gasteiger partial charge in [-0.15, -0.1) is 11.3 Å². The van der Waals surface area contributed by atoms with Crippen LogP contribution >= 0.6 is 11.3 Å². The third-order valence-electron chi connectivity index (χ3n) is 3.21. The summed E-state index contributed by atoms with van der Waals surface area (Å²) in [5, 5.41) is 5.71. The summed E-state index contributed by atoms with van der Waals surface area (Å²) in [5.74, 6) is 0. The van der Waals surface area contributed by atoms with E-state index in [0.29, 0.717) is 6.04 Å². The molecule has 0 bridgehead atoms. The number of fused-ring (bicyclic) bond motifs is 1. The van der Waals surface area contributed by atoms with E-state index in [1.54, 1.807) is 11.3 Å². The molecule has 19 heavy (non-hydrogen) atoms. The van der Waals surface area contributed by atoms with Crippen molar-refractivity contribution in [3.05, 3.63) is 23.5 Å². The molecule has 5 heteroatoms. The number of aromatic nitrogens is 2. The minimum atomic E-state index is 0.520. The molecular formula is C14H24N4S. The second-order valence-corrected chi connectivity index (χ2v) is 6.15. The van der Waals surface area contributed by atoms with E-state index in [4.69, 9.17) is 0 Å². The number of nitrogens with one attached hydrogen (secondary N) is 1. The molecule has 0 saturated heterocycles. The molecule has 1 atom stereocenters. The molecule has 4 nitrogen and oxygen atoms in total. The fourth-order valence-electron chi connectivity index (χ4n) is 2.17. The minimum Gasteiger partial charge on any atom is -0.314 e. The second kappa shape index (κ2) is 7.03. The van der Waals surface area contributed by atoms with Gasteiger partial charge in [0, 0.05) is 30.2 Å². The van der Waals surface area contributed by atoms with Crippen LogP contribution in [-0.4, -0.2) is 47.5 Å². The Labute approximate surface area is 119 Å². The molecule has 2 heterocycles. The number of rotatable bonds is 8. The first kappa shape index (κ1) is 14.5. The summed E-state index contributed by atoms with van der Waals surface area (Å²) in [6.07, 6.45) is 7.59. The van der Waals surface area contributed by atoms with Crippen LogP contribution in [0, 0.1) is 0 Å². The molecule has 2 rings (SSSR count). The predicted molar refractivity (Wildman–Crippen MR) is 82.0 cm³/mol. The zero-order chi connectivity index (χ0) is 13.7. The van der Waals surface area contributed by atoms with Crippen molar-refractivity contribution >= 4 is 16.3 Å². The van der Waals surface area contributed by atoms with Gasteiger partial charge in [-0.05, 0) is 40.0 Å². The largest absolute Gasteiger partial charge is 0.314 e. The first-order chi connectivity index (χ1) is 9.19. The number of nitrogens with zero attached hydrogens (tertiary/aromatic N) is 3. The standard InChI is InChI=1S/C14H24N4S/c1-4-6-15-12(5-7-17(2)3)10-13-11-18-8-9-19-14(18)16-13/h8-9,11-12,15H,4-7,10H2,1-3H3. The zero-order valence-corrected chi connectivity index (χ0v) is 12.9. The molecule has 2 aromatic heterocycles. The topological polar surface area (TPSA) is 32.6 Å². The molecule has 0 radical (unpaired) electrons. The van der Waals surface area contributed by atoms with Gasteiger partial charge in [-0.25, -0.2) is 4.98 Å². The monoisotopic (exact) mass is 280 g/mol. The third kappa shape index (κ3) is 4.30. The van der Waals surface area contributed by atoms with Gasteiger partial charge in [-0.2, -0.15) is 0 Å². The van der Waals surface area contributed by atoms with Crippen molar-refractivity contribution in [3.63, 3.8) is 0 Å². The van der Waals surface area contributed by atoms with Gasteiger partial charge in [0.2, 0.25) is 0 Å². The van der Waals surface area contributed by atoms with Gasteiger partial charge in [-0.3, -0.25) is 4.40 Å². The van der Waals surface area contributed by atoms with E-state index in [-0.39, 0.29) is 0 Å². The van der Waals surface area contributed by atoms with Crippen molar-refractivity contribution in [3.8, 4) is 0 Å². The molecular weight excluding hydrogens is 256 g/mol. The maximum Gasteiger partial charge on any atom is 0.193 e. The number of hydrogen-bond acceptors (Lipinski definition) is 4. The molecule has 0 fully saturated rings. The fraction of sp³-hybridized carbons (Fsp3) is 0.643. The highest BCUT2D eigenvalue weighted by Crippen LogP contribution is 2.13. The molecule has 0 amide bonds. The van der Waals surface area contributed by atoms with Crippen molar-refractivity contribution < 1.29 is 0 Å². The second-order valence-electron chi connectivity index (χ2n) is 5.27. The van der Waals surface area contributed by atoms with Crippen LogP contribution in [0.4, 0.5) is 0 Å². The van der Waals surface area contributed by atoms with Crippen LogP contribution in [0.15, 0.2) is 17.8 Å². The van der Waals surface area contributed by atoms with Crippen LogP contribution in [0.2, 0.25) is 0 Å². The highest BCUT2D eigenvalue weighted by Gasteiger charge is 2.12. The first-order valence-electron chi connectivity index (χ1n) is 6.98. The summed E-state index contributed by atoms with van der Waals surface area (Å²) < 4.78 is 2.11. The number of thiazole rings is 1. The highest BCUT2D eigenvalue weighted by molar-refractivity contribution is 7.15.